The van der Waals surface area contributed by atoms with Crippen LogP contribution in [0.3, 0.4) is 0 Å². The second-order valence-corrected chi connectivity index (χ2v) is 11.9. The Hall–Kier alpha value is -3.19. The lowest BCUT2D eigenvalue weighted by molar-refractivity contribution is 0.175. The monoisotopic (exact) mass is 496 g/mol. The molecule has 0 radical (unpaired) electrons. The average molecular weight is 497 g/mol. The summed E-state index contributed by atoms with van der Waals surface area (Å²) in [5.74, 6) is 2.30. The minimum Gasteiger partial charge on any atom is -0.353 e. The first-order valence-electron chi connectivity index (χ1n) is 14.0. The van der Waals surface area contributed by atoms with E-state index >= 15 is 0 Å². The first kappa shape index (κ1) is 23.0. The van der Waals surface area contributed by atoms with Gasteiger partial charge in [-0.2, -0.15) is 0 Å². The van der Waals surface area contributed by atoms with E-state index in [1.165, 1.54) is 43.2 Å². The molecule has 1 N–H and O–H groups in total. The van der Waals surface area contributed by atoms with Crippen molar-refractivity contribution in [3.8, 4) is 5.69 Å². The Morgan fingerprint density at radius 3 is 2.70 bits per heavy atom. The SMILES string of the molecule is C[C@H]1CCCN(Cc2cc3c(C4CC4)cn(-c4cccc(C5(c6nncn6C)CCC5)c4)c(=O)c3[nH]2)C1. The predicted octanol–water partition coefficient (Wildman–Crippen LogP) is 5.03. The molecule has 192 valence electrons. The summed E-state index contributed by atoms with van der Waals surface area (Å²) in [6, 6.07) is 10.8. The predicted molar refractivity (Wildman–Crippen MR) is 145 cm³/mol. The number of pyridine rings is 1. The lowest BCUT2D eigenvalue weighted by Crippen LogP contribution is -2.38. The highest BCUT2D eigenvalue weighted by Gasteiger charge is 2.44. The van der Waals surface area contributed by atoms with Gasteiger partial charge in [0, 0.05) is 43.1 Å². The Balaban J connectivity index is 1.30. The molecule has 7 heteroatoms. The van der Waals surface area contributed by atoms with E-state index in [4.69, 9.17) is 0 Å². The minimum atomic E-state index is -0.126. The molecule has 0 unspecified atom stereocenters. The van der Waals surface area contributed by atoms with Crippen LogP contribution >= 0.6 is 0 Å². The van der Waals surface area contributed by atoms with E-state index in [9.17, 15) is 4.79 Å². The zero-order chi connectivity index (χ0) is 25.1. The number of aryl methyl sites for hydroxylation is 1. The lowest BCUT2D eigenvalue weighted by atomic mass is 9.63. The maximum atomic E-state index is 13.9. The van der Waals surface area contributed by atoms with Gasteiger partial charge in [-0.3, -0.25) is 14.3 Å². The summed E-state index contributed by atoms with van der Waals surface area (Å²) < 4.78 is 3.92. The molecule has 2 aliphatic carbocycles. The quantitative estimate of drug-likeness (QED) is 0.407. The molecule has 1 aliphatic heterocycles. The zero-order valence-corrected chi connectivity index (χ0v) is 21.9. The molecule has 3 aromatic heterocycles. The maximum absolute atomic E-state index is 13.9. The third-order valence-electron chi connectivity index (χ3n) is 9.06. The van der Waals surface area contributed by atoms with Gasteiger partial charge in [-0.25, -0.2) is 0 Å². The fourth-order valence-corrected chi connectivity index (χ4v) is 6.80. The van der Waals surface area contributed by atoms with Crippen molar-refractivity contribution in [1.29, 1.82) is 0 Å². The van der Waals surface area contributed by atoms with Gasteiger partial charge in [-0.05, 0) is 86.2 Å². The molecule has 7 rings (SSSR count). The normalized spacial score (nSPS) is 21.8. The molecule has 2 saturated carbocycles. The number of H-pyrrole nitrogens is 1. The number of rotatable bonds is 6. The van der Waals surface area contributed by atoms with Crippen molar-refractivity contribution < 1.29 is 0 Å². The van der Waals surface area contributed by atoms with Crippen molar-refractivity contribution in [3.05, 3.63) is 75.9 Å². The highest BCUT2D eigenvalue weighted by atomic mass is 16.1. The van der Waals surface area contributed by atoms with Crippen molar-refractivity contribution in [2.45, 2.75) is 69.7 Å². The Morgan fingerprint density at radius 2 is 2.00 bits per heavy atom. The topological polar surface area (TPSA) is 71.7 Å². The molecule has 1 atom stereocenters. The van der Waals surface area contributed by atoms with E-state index in [-0.39, 0.29) is 11.0 Å². The number of nitrogens with zero attached hydrogens (tertiary/aromatic N) is 5. The number of aromatic nitrogens is 5. The molecule has 0 bridgehead atoms. The molecule has 4 heterocycles. The number of likely N-dealkylation sites (tertiary alicyclic amines) is 1. The van der Waals surface area contributed by atoms with Gasteiger partial charge in [0.05, 0.1) is 5.41 Å². The van der Waals surface area contributed by atoms with Gasteiger partial charge in [-0.1, -0.05) is 25.5 Å². The molecule has 7 nitrogen and oxygen atoms in total. The maximum Gasteiger partial charge on any atom is 0.279 e. The smallest absolute Gasteiger partial charge is 0.279 e. The number of hydrogen-bond acceptors (Lipinski definition) is 4. The molecule has 1 aromatic carbocycles. The Bertz CT molecular complexity index is 1520. The highest BCUT2D eigenvalue weighted by molar-refractivity contribution is 5.84. The molecule has 4 aromatic rings. The molecular formula is C30H36N6O. The van der Waals surface area contributed by atoms with Crippen LogP contribution in [-0.2, 0) is 19.0 Å². The number of fused-ring (bicyclic) bond motifs is 1. The fraction of sp³-hybridized carbons (Fsp3) is 0.500. The van der Waals surface area contributed by atoms with Gasteiger partial charge < -0.3 is 9.55 Å². The molecule has 3 fully saturated rings. The molecule has 3 aliphatic rings. The Morgan fingerprint density at radius 1 is 1.14 bits per heavy atom. The van der Waals surface area contributed by atoms with E-state index in [2.05, 4.69) is 63.5 Å². The van der Waals surface area contributed by atoms with Gasteiger partial charge >= 0.3 is 0 Å². The van der Waals surface area contributed by atoms with Crippen molar-refractivity contribution in [2.24, 2.45) is 13.0 Å². The molecule has 37 heavy (non-hydrogen) atoms. The van der Waals surface area contributed by atoms with Gasteiger partial charge in [0.2, 0.25) is 0 Å². The molecular weight excluding hydrogens is 460 g/mol. The van der Waals surface area contributed by atoms with E-state index < -0.39 is 0 Å². The third-order valence-corrected chi connectivity index (χ3v) is 9.06. The van der Waals surface area contributed by atoms with Crippen molar-refractivity contribution in [3.63, 3.8) is 0 Å². The molecule has 1 saturated heterocycles. The zero-order valence-electron chi connectivity index (χ0n) is 21.9. The van der Waals surface area contributed by atoms with E-state index in [0.717, 1.165) is 66.5 Å². The minimum absolute atomic E-state index is 0.0381. The van der Waals surface area contributed by atoms with Crippen LogP contribution in [0, 0.1) is 5.92 Å². The fourth-order valence-electron chi connectivity index (χ4n) is 6.80. The summed E-state index contributed by atoms with van der Waals surface area (Å²) in [5.41, 5.74) is 5.28. The largest absolute Gasteiger partial charge is 0.353 e. The number of aromatic amines is 1. The van der Waals surface area contributed by atoms with Crippen molar-refractivity contribution >= 4 is 10.9 Å². The van der Waals surface area contributed by atoms with Crippen LogP contribution in [0.15, 0.2) is 47.7 Å². The first-order chi connectivity index (χ1) is 18.0. The van der Waals surface area contributed by atoms with E-state index in [1.54, 1.807) is 6.33 Å². The van der Waals surface area contributed by atoms with Crippen LogP contribution in [0.25, 0.3) is 16.6 Å². The number of benzene rings is 1. The second-order valence-electron chi connectivity index (χ2n) is 11.9. The Kier molecular flexibility index (Phi) is 5.39. The third kappa shape index (κ3) is 3.86. The van der Waals surface area contributed by atoms with Gasteiger partial charge in [0.1, 0.15) is 17.7 Å². The van der Waals surface area contributed by atoms with Crippen molar-refractivity contribution in [2.75, 3.05) is 13.1 Å². The van der Waals surface area contributed by atoms with Crippen LogP contribution in [0.1, 0.15) is 80.4 Å². The lowest BCUT2D eigenvalue weighted by Gasteiger charge is -2.41. The van der Waals surface area contributed by atoms with Crippen LogP contribution < -0.4 is 5.56 Å². The number of nitrogens with one attached hydrogen (secondary N) is 1. The summed E-state index contributed by atoms with van der Waals surface area (Å²) in [7, 11) is 2.02. The molecule has 0 spiro atoms. The summed E-state index contributed by atoms with van der Waals surface area (Å²) in [5, 5.41) is 9.76. The van der Waals surface area contributed by atoms with Crippen LogP contribution in [-0.4, -0.2) is 42.3 Å². The van der Waals surface area contributed by atoms with Crippen LogP contribution in [0.5, 0.6) is 0 Å². The Labute approximate surface area is 217 Å². The van der Waals surface area contributed by atoms with E-state index in [1.807, 2.05) is 16.2 Å². The summed E-state index contributed by atoms with van der Waals surface area (Å²) in [4.78, 5) is 20.0. The summed E-state index contributed by atoms with van der Waals surface area (Å²) in [6.07, 6.45) is 12.2. The van der Waals surface area contributed by atoms with Gasteiger partial charge in [-0.15, -0.1) is 10.2 Å². The second kappa shape index (κ2) is 8.69. The van der Waals surface area contributed by atoms with E-state index in [0.29, 0.717) is 5.92 Å². The van der Waals surface area contributed by atoms with Gasteiger partial charge in [0.25, 0.3) is 5.56 Å². The number of piperidine rings is 1. The first-order valence-corrected chi connectivity index (χ1v) is 14.0. The van der Waals surface area contributed by atoms with Crippen LogP contribution in [0.4, 0.5) is 0 Å². The standard InChI is InChI=1S/C30H36N6O/c1-20-6-4-13-35(16-20)17-23-15-25-26(21-9-10-21)18-36(28(37)27(25)32-23)24-8-3-7-22(14-24)30(11-5-12-30)29-33-31-19-34(29)2/h3,7-8,14-15,18-21,32H,4-6,9-13,16-17H2,1-2H3/t20-/m0/s1. The summed E-state index contributed by atoms with van der Waals surface area (Å²) >= 11 is 0. The number of hydrogen-bond donors (Lipinski definition) is 1. The highest BCUT2D eigenvalue weighted by Crippen LogP contribution is 2.48. The molecule has 0 amide bonds. The average Bonchev–Trinajstić information content (AvgIpc) is 3.48. The van der Waals surface area contributed by atoms with Crippen LogP contribution in [0.2, 0.25) is 0 Å². The van der Waals surface area contributed by atoms with Gasteiger partial charge in [0.15, 0.2) is 0 Å². The van der Waals surface area contributed by atoms with Crippen molar-refractivity contribution in [1.82, 2.24) is 29.2 Å². The summed E-state index contributed by atoms with van der Waals surface area (Å²) in [6.45, 7) is 5.50.